The van der Waals surface area contributed by atoms with Crippen molar-refractivity contribution >= 4 is 0 Å². The molecule has 0 aromatic carbocycles. The molecule has 0 saturated heterocycles. The Bertz CT molecular complexity index is 251. The fourth-order valence-corrected chi connectivity index (χ4v) is 1.73. The second-order valence-electron chi connectivity index (χ2n) is 4.34. The van der Waals surface area contributed by atoms with Gasteiger partial charge in [0.25, 0.3) is 0 Å². The van der Waals surface area contributed by atoms with Gasteiger partial charge in [0.1, 0.15) is 0 Å². The first-order valence-corrected chi connectivity index (χ1v) is 6.24. The molecule has 1 aromatic heterocycles. The normalized spacial score (nSPS) is 10.5. The number of nitrogens with zero attached hydrogens (tertiary/aromatic N) is 1. The minimum Gasteiger partial charge on any atom is -0.261 e. The lowest BCUT2D eigenvalue weighted by atomic mass is 10.1. The maximum Gasteiger partial charge on any atom is 0.0403 e. The van der Waals surface area contributed by atoms with E-state index in [1.54, 1.807) is 0 Å². The van der Waals surface area contributed by atoms with Crippen molar-refractivity contribution in [2.45, 2.75) is 58.8 Å². The van der Waals surface area contributed by atoms with Crippen molar-refractivity contribution in [1.29, 1.82) is 0 Å². The molecule has 0 aliphatic heterocycles. The Hall–Kier alpha value is -0.850. The van der Waals surface area contributed by atoms with Crippen molar-refractivity contribution in [1.82, 2.24) is 4.98 Å². The Balaban J connectivity index is 2.07. The molecule has 0 amide bonds. The summed E-state index contributed by atoms with van der Waals surface area (Å²) < 4.78 is 0. The zero-order valence-electron chi connectivity index (χ0n) is 10.1. The Morgan fingerprint density at radius 2 is 1.73 bits per heavy atom. The van der Waals surface area contributed by atoms with Gasteiger partial charge in [-0.2, -0.15) is 0 Å². The molecule has 0 radical (unpaired) electrons. The van der Waals surface area contributed by atoms with Gasteiger partial charge < -0.3 is 0 Å². The number of aryl methyl sites for hydroxylation is 2. The molecule has 1 nitrogen and oxygen atoms in total. The zero-order valence-corrected chi connectivity index (χ0v) is 10.1. The van der Waals surface area contributed by atoms with Crippen molar-refractivity contribution in [2.24, 2.45) is 0 Å². The summed E-state index contributed by atoms with van der Waals surface area (Å²) in [6.45, 7) is 4.34. The van der Waals surface area contributed by atoms with Crippen molar-refractivity contribution in [3.8, 4) is 0 Å². The van der Waals surface area contributed by atoms with E-state index in [1.165, 1.54) is 49.8 Å². The first-order valence-electron chi connectivity index (χ1n) is 6.24. The van der Waals surface area contributed by atoms with Gasteiger partial charge in [-0.25, -0.2) is 0 Å². The van der Waals surface area contributed by atoms with E-state index in [0.29, 0.717) is 0 Å². The fourth-order valence-electron chi connectivity index (χ4n) is 1.73. The van der Waals surface area contributed by atoms with Crippen LogP contribution in [0.1, 0.15) is 56.7 Å². The second kappa shape index (κ2) is 7.44. The van der Waals surface area contributed by atoms with E-state index in [0.717, 1.165) is 6.42 Å². The molecule has 84 valence electrons. The van der Waals surface area contributed by atoms with Crippen LogP contribution in [0.4, 0.5) is 0 Å². The van der Waals surface area contributed by atoms with Crippen LogP contribution in [-0.4, -0.2) is 4.98 Å². The van der Waals surface area contributed by atoms with Gasteiger partial charge >= 0.3 is 0 Å². The highest BCUT2D eigenvalue weighted by Crippen LogP contribution is 2.08. The molecule has 1 rings (SSSR count). The highest BCUT2D eigenvalue weighted by Gasteiger charge is 1.94. The highest BCUT2D eigenvalue weighted by atomic mass is 14.7. The number of rotatable bonds is 7. The smallest absolute Gasteiger partial charge is 0.0403 e. The third-order valence-electron chi connectivity index (χ3n) is 2.76. The lowest BCUT2D eigenvalue weighted by molar-refractivity contribution is 0.604. The first kappa shape index (κ1) is 12.2. The van der Waals surface area contributed by atoms with E-state index in [2.05, 4.69) is 31.0 Å². The van der Waals surface area contributed by atoms with Crippen LogP contribution >= 0.6 is 0 Å². The Morgan fingerprint density at radius 3 is 2.40 bits per heavy atom. The summed E-state index contributed by atoms with van der Waals surface area (Å²) in [4.78, 5) is 4.41. The maximum absolute atomic E-state index is 4.41. The first-order chi connectivity index (χ1) is 7.33. The van der Waals surface area contributed by atoms with Gasteiger partial charge in [0.2, 0.25) is 0 Å². The molecule has 0 unspecified atom stereocenters. The summed E-state index contributed by atoms with van der Waals surface area (Å²) in [7, 11) is 0. The Morgan fingerprint density at radius 1 is 1.00 bits per heavy atom. The molecule has 0 N–H and O–H groups in total. The van der Waals surface area contributed by atoms with Gasteiger partial charge in [-0.1, -0.05) is 45.1 Å². The average molecular weight is 205 g/mol. The Labute approximate surface area is 93.9 Å². The molecule has 0 atom stereocenters. The fraction of sp³-hybridized carbons (Fsp3) is 0.643. The van der Waals surface area contributed by atoms with Crippen molar-refractivity contribution < 1.29 is 0 Å². The molecular weight excluding hydrogens is 182 g/mol. The topological polar surface area (TPSA) is 12.9 Å². The Kier molecular flexibility index (Phi) is 6.06. The molecule has 0 saturated carbocycles. The lowest BCUT2D eigenvalue weighted by Gasteiger charge is -2.01. The van der Waals surface area contributed by atoms with E-state index < -0.39 is 0 Å². The van der Waals surface area contributed by atoms with Crippen LogP contribution in [0, 0.1) is 6.92 Å². The molecule has 0 bridgehead atoms. The lowest BCUT2D eigenvalue weighted by Crippen LogP contribution is -1.90. The molecule has 0 spiro atoms. The molecule has 0 fully saturated rings. The molecular formula is C14H23N. The summed E-state index contributed by atoms with van der Waals surface area (Å²) in [5.41, 5.74) is 2.50. The summed E-state index contributed by atoms with van der Waals surface area (Å²) in [5.74, 6) is 0. The number of unbranched alkanes of at least 4 members (excludes halogenated alkanes) is 5. The summed E-state index contributed by atoms with van der Waals surface area (Å²) in [6.07, 6.45) is 11.3. The summed E-state index contributed by atoms with van der Waals surface area (Å²) >= 11 is 0. The van der Waals surface area contributed by atoms with E-state index in [4.69, 9.17) is 0 Å². The predicted octanol–water partition coefficient (Wildman–Crippen LogP) is 4.29. The number of hydrogen-bond acceptors (Lipinski definition) is 1. The third kappa shape index (κ3) is 5.56. The summed E-state index contributed by atoms with van der Waals surface area (Å²) in [6, 6.07) is 4.31. The molecule has 15 heavy (non-hydrogen) atoms. The van der Waals surface area contributed by atoms with Crippen LogP contribution in [0.25, 0.3) is 0 Å². The number of pyridine rings is 1. The van der Waals surface area contributed by atoms with Crippen LogP contribution in [-0.2, 0) is 6.42 Å². The highest BCUT2D eigenvalue weighted by molar-refractivity contribution is 5.12. The quantitative estimate of drug-likeness (QED) is 0.605. The van der Waals surface area contributed by atoms with Gasteiger partial charge in [0.05, 0.1) is 0 Å². The van der Waals surface area contributed by atoms with E-state index in [9.17, 15) is 0 Å². The summed E-state index contributed by atoms with van der Waals surface area (Å²) in [5, 5.41) is 0. The average Bonchev–Trinajstić information content (AvgIpc) is 2.26. The molecule has 0 aliphatic rings. The van der Waals surface area contributed by atoms with Gasteiger partial charge in [-0.05, 0) is 31.4 Å². The standard InChI is InChI=1S/C14H23N/c1-3-4-5-6-7-8-9-14-11-10-13(2)12-15-14/h10-12H,3-9H2,1-2H3. The van der Waals surface area contributed by atoms with Gasteiger partial charge in [0.15, 0.2) is 0 Å². The molecule has 1 heteroatoms. The van der Waals surface area contributed by atoms with Crippen LogP contribution in [0.5, 0.6) is 0 Å². The zero-order chi connectivity index (χ0) is 10.9. The largest absolute Gasteiger partial charge is 0.261 e. The minimum atomic E-state index is 1.15. The van der Waals surface area contributed by atoms with Crippen molar-refractivity contribution in [3.05, 3.63) is 29.6 Å². The molecule has 0 aliphatic carbocycles. The monoisotopic (exact) mass is 205 g/mol. The second-order valence-corrected chi connectivity index (χ2v) is 4.34. The number of aromatic nitrogens is 1. The van der Waals surface area contributed by atoms with Crippen LogP contribution in [0.3, 0.4) is 0 Å². The van der Waals surface area contributed by atoms with E-state index in [-0.39, 0.29) is 0 Å². The van der Waals surface area contributed by atoms with Crippen molar-refractivity contribution in [3.63, 3.8) is 0 Å². The minimum absolute atomic E-state index is 1.15. The van der Waals surface area contributed by atoms with Crippen molar-refractivity contribution in [2.75, 3.05) is 0 Å². The predicted molar refractivity (Wildman–Crippen MR) is 66.1 cm³/mol. The van der Waals surface area contributed by atoms with Gasteiger partial charge in [-0.15, -0.1) is 0 Å². The van der Waals surface area contributed by atoms with Crippen LogP contribution in [0.2, 0.25) is 0 Å². The van der Waals surface area contributed by atoms with Gasteiger partial charge in [-0.3, -0.25) is 4.98 Å². The third-order valence-corrected chi connectivity index (χ3v) is 2.76. The molecule has 1 aromatic rings. The SMILES string of the molecule is CCCCCCCCc1ccc(C)cn1. The number of hydrogen-bond donors (Lipinski definition) is 0. The van der Waals surface area contributed by atoms with Crippen LogP contribution < -0.4 is 0 Å². The van der Waals surface area contributed by atoms with E-state index >= 15 is 0 Å². The van der Waals surface area contributed by atoms with Crippen LogP contribution in [0.15, 0.2) is 18.3 Å². The maximum atomic E-state index is 4.41. The van der Waals surface area contributed by atoms with E-state index in [1.807, 2.05) is 6.20 Å². The molecule has 1 heterocycles. The van der Waals surface area contributed by atoms with Gasteiger partial charge in [0, 0.05) is 11.9 Å².